The van der Waals surface area contributed by atoms with Crippen LogP contribution in [0.5, 0.6) is 0 Å². The minimum absolute atomic E-state index is 0.169. The van der Waals surface area contributed by atoms with Gasteiger partial charge in [0, 0.05) is 36.6 Å². The lowest BCUT2D eigenvalue weighted by atomic mass is 10.1. The number of benzene rings is 1. The molecule has 5 rings (SSSR count). The molecule has 4 aromatic rings. The Morgan fingerprint density at radius 2 is 1.76 bits per heavy atom. The number of hydrogen-bond donors (Lipinski definition) is 1. The average molecular weight is 556 g/mol. The predicted octanol–water partition coefficient (Wildman–Crippen LogP) is 6.12. The molecule has 1 amide bonds. The SMILES string of the molecule is CC(C)(C)OC(=O)N1CCC(n2cc(-c3cnc(N)c(-c4nnc(-c5c(Cl)cccc5Cl)o4)c3)cn2)CC1. The molecule has 38 heavy (non-hydrogen) atoms. The normalized spacial score (nSPS) is 14.6. The van der Waals surface area contributed by atoms with E-state index in [4.69, 9.17) is 38.1 Å². The Morgan fingerprint density at radius 1 is 1.08 bits per heavy atom. The van der Waals surface area contributed by atoms with E-state index in [0.29, 0.717) is 34.3 Å². The lowest BCUT2D eigenvalue weighted by Crippen LogP contribution is -2.42. The number of carbonyl (C=O) groups excluding carboxylic acids is 1. The van der Waals surface area contributed by atoms with E-state index in [1.807, 2.05) is 37.7 Å². The molecule has 1 aliphatic rings. The fourth-order valence-corrected chi connectivity index (χ4v) is 4.83. The number of ether oxygens (including phenoxy) is 1. The molecule has 10 nitrogen and oxygen atoms in total. The molecule has 0 spiro atoms. The molecule has 3 aromatic heterocycles. The molecule has 1 saturated heterocycles. The van der Waals surface area contributed by atoms with Crippen molar-refractivity contribution in [1.82, 2.24) is 29.9 Å². The van der Waals surface area contributed by atoms with Crippen molar-refractivity contribution in [3.05, 3.63) is 52.9 Å². The Morgan fingerprint density at radius 3 is 2.45 bits per heavy atom. The van der Waals surface area contributed by atoms with Gasteiger partial charge in [-0.2, -0.15) is 5.10 Å². The first-order valence-corrected chi connectivity index (χ1v) is 12.9. The summed E-state index contributed by atoms with van der Waals surface area (Å²) in [6.07, 6.45) is 6.70. The van der Waals surface area contributed by atoms with Crippen molar-refractivity contribution >= 4 is 35.1 Å². The third-order valence-corrected chi connectivity index (χ3v) is 6.81. The number of nitrogen functional groups attached to an aromatic ring is 1. The molecule has 4 heterocycles. The number of halogens is 2. The number of nitrogens with zero attached hydrogens (tertiary/aromatic N) is 6. The molecule has 0 atom stereocenters. The number of nitrogens with two attached hydrogens (primary N) is 1. The third kappa shape index (κ3) is 5.46. The number of anilines is 1. The summed E-state index contributed by atoms with van der Waals surface area (Å²) < 4.78 is 13.3. The van der Waals surface area contributed by atoms with Crippen molar-refractivity contribution in [2.24, 2.45) is 0 Å². The van der Waals surface area contributed by atoms with Gasteiger partial charge >= 0.3 is 6.09 Å². The maximum Gasteiger partial charge on any atom is 0.410 e. The van der Waals surface area contributed by atoms with Gasteiger partial charge in [-0.15, -0.1) is 10.2 Å². The van der Waals surface area contributed by atoms with E-state index >= 15 is 0 Å². The lowest BCUT2D eigenvalue weighted by Gasteiger charge is -2.33. The van der Waals surface area contributed by atoms with Crippen LogP contribution in [0.25, 0.3) is 34.0 Å². The number of hydrogen-bond acceptors (Lipinski definition) is 8. The van der Waals surface area contributed by atoms with Crippen LogP contribution in [0.2, 0.25) is 10.0 Å². The van der Waals surface area contributed by atoms with Crippen LogP contribution in [-0.4, -0.2) is 54.6 Å². The molecule has 1 fully saturated rings. The number of rotatable bonds is 4. The number of piperidine rings is 1. The van der Waals surface area contributed by atoms with E-state index in [0.717, 1.165) is 24.0 Å². The van der Waals surface area contributed by atoms with Gasteiger partial charge in [-0.05, 0) is 51.8 Å². The van der Waals surface area contributed by atoms with E-state index in [1.165, 1.54) is 0 Å². The summed E-state index contributed by atoms with van der Waals surface area (Å²) in [6, 6.07) is 7.13. The Kier molecular flexibility index (Phi) is 7.02. The van der Waals surface area contributed by atoms with E-state index in [2.05, 4.69) is 20.3 Å². The molecule has 0 bridgehead atoms. The Labute approximate surface area is 229 Å². The third-order valence-electron chi connectivity index (χ3n) is 6.18. The molecule has 1 aromatic carbocycles. The number of pyridine rings is 1. The molecule has 0 unspecified atom stereocenters. The summed E-state index contributed by atoms with van der Waals surface area (Å²) in [4.78, 5) is 18.5. The monoisotopic (exact) mass is 555 g/mol. The van der Waals surface area contributed by atoms with E-state index in [-0.39, 0.29) is 29.7 Å². The zero-order valence-corrected chi connectivity index (χ0v) is 22.7. The van der Waals surface area contributed by atoms with Gasteiger partial charge in [0.25, 0.3) is 11.8 Å². The van der Waals surface area contributed by atoms with Crippen LogP contribution < -0.4 is 5.73 Å². The van der Waals surface area contributed by atoms with Gasteiger partial charge < -0.3 is 19.8 Å². The molecular weight excluding hydrogens is 529 g/mol. The second kappa shape index (κ2) is 10.3. The lowest BCUT2D eigenvalue weighted by molar-refractivity contribution is 0.0185. The zero-order valence-electron chi connectivity index (χ0n) is 21.2. The predicted molar refractivity (Wildman–Crippen MR) is 145 cm³/mol. The largest absolute Gasteiger partial charge is 0.444 e. The van der Waals surface area contributed by atoms with Gasteiger partial charge in [-0.3, -0.25) is 4.68 Å². The van der Waals surface area contributed by atoms with Crippen molar-refractivity contribution < 1.29 is 13.9 Å². The zero-order chi connectivity index (χ0) is 27.0. The average Bonchev–Trinajstić information content (AvgIpc) is 3.54. The van der Waals surface area contributed by atoms with Crippen LogP contribution in [0.3, 0.4) is 0 Å². The van der Waals surface area contributed by atoms with Gasteiger partial charge in [0.05, 0.1) is 33.4 Å². The van der Waals surface area contributed by atoms with Gasteiger partial charge in [0.15, 0.2) is 0 Å². The molecule has 0 aliphatic carbocycles. The fourth-order valence-electron chi connectivity index (χ4n) is 4.27. The first-order chi connectivity index (χ1) is 18.1. The van der Waals surface area contributed by atoms with Crippen LogP contribution in [0.15, 0.2) is 47.3 Å². The highest BCUT2D eigenvalue weighted by molar-refractivity contribution is 6.38. The summed E-state index contributed by atoms with van der Waals surface area (Å²) >= 11 is 12.6. The van der Waals surface area contributed by atoms with Crippen LogP contribution in [-0.2, 0) is 4.74 Å². The van der Waals surface area contributed by atoms with Crippen LogP contribution >= 0.6 is 23.2 Å². The maximum atomic E-state index is 12.4. The van der Waals surface area contributed by atoms with Gasteiger partial charge in [-0.1, -0.05) is 29.3 Å². The van der Waals surface area contributed by atoms with Crippen molar-refractivity contribution in [1.29, 1.82) is 0 Å². The highest BCUT2D eigenvalue weighted by Crippen LogP contribution is 2.36. The molecule has 2 N–H and O–H groups in total. The van der Waals surface area contributed by atoms with Crippen molar-refractivity contribution in [3.63, 3.8) is 0 Å². The Balaban J connectivity index is 1.32. The number of carbonyl (C=O) groups is 1. The summed E-state index contributed by atoms with van der Waals surface area (Å²) in [7, 11) is 0. The standard InChI is InChI=1S/C26H27Cl2N7O3/c1-26(2,3)38-25(36)34-9-7-17(8-10-34)35-14-16(13-31-35)15-11-18(22(29)30-12-15)23-32-33-24(37-23)21-19(27)5-4-6-20(21)28/h4-6,11-14,17H,7-10H2,1-3H3,(H2,29,30). The quantitative estimate of drug-likeness (QED) is 0.319. The fraction of sp³-hybridized carbons (Fsp3) is 0.346. The highest BCUT2D eigenvalue weighted by Gasteiger charge is 2.28. The molecule has 1 aliphatic heterocycles. The molecule has 12 heteroatoms. The Bertz CT molecular complexity index is 1450. The van der Waals surface area contributed by atoms with Crippen LogP contribution in [0.1, 0.15) is 39.7 Å². The second-order valence-electron chi connectivity index (χ2n) is 10.1. The second-order valence-corrected chi connectivity index (χ2v) is 10.9. The molecular formula is C26H27Cl2N7O3. The summed E-state index contributed by atoms with van der Waals surface area (Å²) in [5.41, 5.74) is 8.24. The van der Waals surface area contributed by atoms with Gasteiger partial charge in [0.1, 0.15) is 11.4 Å². The highest BCUT2D eigenvalue weighted by atomic mass is 35.5. The Hall–Kier alpha value is -3.63. The van der Waals surface area contributed by atoms with Gasteiger partial charge in [0.2, 0.25) is 0 Å². The summed E-state index contributed by atoms with van der Waals surface area (Å²) in [5, 5.41) is 13.6. The minimum Gasteiger partial charge on any atom is -0.444 e. The van der Waals surface area contributed by atoms with E-state index < -0.39 is 5.60 Å². The summed E-state index contributed by atoms with van der Waals surface area (Å²) in [5.74, 6) is 0.631. The maximum absolute atomic E-state index is 12.4. The van der Waals surface area contributed by atoms with Crippen molar-refractivity contribution in [3.8, 4) is 34.0 Å². The molecule has 0 saturated carbocycles. The van der Waals surface area contributed by atoms with E-state index in [9.17, 15) is 4.79 Å². The first-order valence-electron chi connectivity index (χ1n) is 12.2. The van der Waals surface area contributed by atoms with Crippen molar-refractivity contribution in [2.75, 3.05) is 18.8 Å². The molecule has 0 radical (unpaired) electrons. The van der Waals surface area contributed by atoms with Crippen molar-refractivity contribution in [2.45, 2.75) is 45.3 Å². The topological polar surface area (TPSA) is 125 Å². The number of likely N-dealkylation sites (tertiary alicyclic amines) is 1. The van der Waals surface area contributed by atoms with E-state index in [1.54, 1.807) is 35.5 Å². The summed E-state index contributed by atoms with van der Waals surface area (Å²) in [6.45, 7) is 6.82. The minimum atomic E-state index is -0.513. The number of aromatic nitrogens is 5. The van der Waals surface area contributed by atoms with Crippen LogP contribution in [0, 0.1) is 0 Å². The van der Waals surface area contributed by atoms with Gasteiger partial charge in [-0.25, -0.2) is 9.78 Å². The number of amides is 1. The molecule has 198 valence electrons. The first kappa shape index (κ1) is 26.0. The smallest absolute Gasteiger partial charge is 0.410 e. The van der Waals surface area contributed by atoms with Crippen LogP contribution in [0.4, 0.5) is 10.6 Å².